The van der Waals surface area contributed by atoms with Crippen LogP contribution in [0.4, 0.5) is 9.59 Å². The van der Waals surface area contributed by atoms with E-state index in [1.807, 2.05) is 6.07 Å². The highest BCUT2D eigenvalue weighted by atomic mass is 16.6. The number of allylic oxidation sites excluding steroid dienone is 1. The molecule has 8 nitrogen and oxygen atoms in total. The third-order valence-electron chi connectivity index (χ3n) is 2.96. The maximum atomic E-state index is 12.1. The number of aryl methyl sites for hydroxylation is 1. The van der Waals surface area contributed by atoms with Crippen molar-refractivity contribution in [3.8, 4) is 6.07 Å². The molecule has 1 aromatic rings. The van der Waals surface area contributed by atoms with Gasteiger partial charge in [0, 0.05) is 11.8 Å². The van der Waals surface area contributed by atoms with Crippen molar-refractivity contribution in [2.45, 2.75) is 26.8 Å². The van der Waals surface area contributed by atoms with Gasteiger partial charge < -0.3 is 14.6 Å². The Bertz CT molecular complexity index is 655. The molecule has 1 N–H and O–H groups in total. The highest BCUT2D eigenvalue weighted by Crippen LogP contribution is 2.33. The largest absolute Gasteiger partial charge is 0.449 e. The van der Waals surface area contributed by atoms with Crippen molar-refractivity contribution in [3.63, 3.8) is 0 Å². The van der Waals surface area contributed by atoms with Crippen molar-refractivity contribution in [2.75, 3.05) is 6.61 Å². The fourth-order valence-corrected chi connectivity index (χ4v) is 2.06. The molecule has 0 aromatic carbocycles. The van der Waals surface area contributed by atoms with E-state index in [4.69, 9.17) is 9.26 Å². The number of ether oxygens (including phenoxy) is 1. The predicted molar refractivity (Wildman–Crippen MR) is 69.7 cm³/mol. The third-order valence-corrected chi connectivity index (χ3v) is 2.96. The average molecular weight is 290 g/mol. The van der Waals surface area contributed by atoms with Crippen molar-refractivity contribution < 1.29 is 18.8 Å². The van der Waals surface area contributed by atoms with Crippen LogP contribution in [0.3, 0.4) is 0 Å². The van der Waals surface area contributed by atoms with Gasteiger partial charge in [0.15, 0.2) is 0 Å². The molecule has 1 atom stereocenters. The molecule has 0 fully saturated rings. The number of amides is 3. The van der Waals surface area contributed by atoms with Gasteiger partial charge >= 0.3 is 12.1 Å². The van der Waals surface area contributed by atoms with Crippen LogP contribution in [0.2, 0.25) is 0 Å². The van der Waals surface area contributed by atoms with E-state index in [0.29, 0.717) is 17.2 Å². The molecule has 0 radical (unpaired) electrons. The Balaban J connectivity index is 2.54. The molecular weight excluding hydrogens is 276 g/mol. The molecule has 110 valence electrons. The number of urea groups is 1. The van der Waals surface area contributed by atoms with Crippen molar-refractivity contribution >= 4 is 12.1 Å². The fourth-order valence-electron chi connectivity index (χ4n) is 2.06. The molecule has 0 bridgehead atoms. The Morgan fingerprint density at radius 1 is 1.62 bits per heavy atom. The van der Waals surface area contributed by atoms with Gasteiger partial charge in [-0.2, -0.15) is 5.26 Å². The lowest BCUT2D eigenvalue weighted by molar-refractivity contribution is 0.103. The molecule has 2 rings (SSSR count). The number of imide groups is 1. The Hall–Kier alpha value is -2.82. The molecule has 1 aromatic heterocycles. The van der Waals surface area contributed by atoms with Crippen LogP contribution in [0.5, 0.6) is 0 Å². The van der Waals surface area contributed by atoms with Gasteiger partial charge in [0.1, 0.15) is 17.5 Å². The first-order valence-electron chi connectivity index (χ1n) is 6.30. The standard InChI is InChI=1S/C13H14N4O4/c1-4-20-13(19)17-11(10-5-7(2)21-16-10)9(6-14)8(3)15-12(17)18/h5,11H,4H2,1-3H3,(H,15,18). The number of carbonyl (C=O) groups is 2. The van der Waals surface area contributed by atoms with E-state index in [0.717, 1.165) is 4.90 Å². The Morgan fingerprint density at radius 3 is 2.86 bits per heavy atom. The molecule has 8 heteroatoms. The van der Waals surface area contributed by atoms with Gasteiger partial charge in [-0.1, -0.05) is 5.16 Å². The summed E-state index contributed by atoms with van der Waals surface area (Å²) in [5.41, 5.74) is 0.871. The summed E-state index contributed by atoms with van der Waals surface area (Å²) in [4.78, 5) is 24.9. The molecule has 0 saturated heterocycles. The van der Waals surface area contributed by atoms with Crippen LogP contribution in [0.15, 0.2) is 21.9 Å². The number of nitrogens with one attached hydrogen (secondary N) is 1. The van der Waals surface area contributed by atoms with E-state index in [2.05, 4.69) is 10.5 Å². The second-order valence-corrected chi connectivity index (χ2v) is 4.41. The number of aromatic nitrogens is 1. The molecule has 0 aliphatic carbocycles. The summed E-state index contributed by atoms with van der Waals surface area (Å²) in [6, 6.07) is 1.93. The molecule has 2 heterocycles. The Morgan fingerprint density at radius 2 is 2.33 bits per heavy atom. The fraction of sp³-hybridized carbons (Fsp3) is 0.385. The van der Waals surface area contributed by atoms with E-state index in [1.54, 1.807) is 26.8 Å². The summed E-state index contributed by atoms with van der Waals surface area (Å²) >= 11 is 0. The van der Waals surface area contributed by atoms with E-state index in [9.17, 15) is 14.9 Å². The first kappa shape index (κ1) is 14.6. The van der Waals surface area contributed by atoms with E-state index in [1.165, 1.54) is 0 Å². The Kier molecular flexibility index (Phi) is 3.93. The maximum Gasteiger partial charge on any atom is 0.418 e. The smallest absolute Gasteiger partial charge is 0.418 e. The number of rotatable bonds is 2. The van der Waals surface area contributed by atoms with Crippen molar-refractivity contribution in [1.82, 2.24) is 15.4 Å². The third kappa shape index (κ3) is 2.58. The summed E-state index contributed by atoms with van der Waals surface area (Å²) in [6.07, 6.45) is -0.846. The van der Waals surface area contributed by atoms with Crippen LogP contribution < -0.4 is 5.32 Å². The monoisotopic (exact) mass is 290 g/mol. The van der Waals surface area contributed by atoms with Crippen LogP contribution in [0, 0.1) is 18.3 Å². The van der Waals surface area contributed by atoms with Gasteiger partial charge in [-0.25, -0.2) is 14.5 Å². The quantitative estimate of drug-likeness (QED) is 0.892. The summed E-state index contributed by atoms with van der Waals surface area (Å²) in [6.45, 7) is 4.99. The van der Waals surface area contributed by atoms with Crippen LogP contribution in [-0.2, 0) is 4.74 Å². The molecule has 3 amide bonds. The molecule has 0 saturated carbocycles. The molecule has 1 aliphatic rings. The van der Waals surface area contributed by atoms with E-state index in [-0.39, 0.29) is 12.2 Å². The molecule has 21 heavy (non-hydrogen) atoms. The zero-order chi connectivity index (χ0) is 15.6. The highest BCUT2D eigenvalue weighted by molar-refractivity contribution is 5.94. The van der Waals surface area contributed by atoms with Crippen molar-refractivity contribution in [2.24, 2.45) is 0 Å². The second kappa shape index (κ2) is 5.66. The van der Waals surface area contributed by atoms with Gasteiger partial charge in [0.05, 0.1) is 18.2 Å². The van der Waals surface area contributed by atoms with Gasteiger partial charge in [0.25, 0.3) is 0 Å². The first-order valence-corrected chi connectivity index (χ1v) is 6.30. The second-order valence-electron chi connectivity index (χ2n) is 4.41. The average Bonchev–Trinajstić information content (AvgIpc) is 2.84. The first-order chi connectivity index (χ1) is 9.99. The maximum absolute atomic E-state index is 12.1. The number of nitrogens with zero attached hydrogens (tertiary/aromatic N) is 3. The summed E-state index contributed by atoms with van der Waals surface area (Å²) in [5.74, 6) is 0.509. The lowest BCUT2D eigenvalue weighted by atomic mass is 9.99. The number of hydrogen-bond donors (Lipinski definition) is 1. The summed E-state index contributed by atoms with van der Waals surface area (Å²) in [7, 11) is 0. The minimum absolute atomic E-state index is 0.109. The minimum atomic E-state index is -0.958. The number of nitriles is 1. The van der Waals surface area contributed by atoms with E-state index >= 15 is 0 Å². The van der Waals surface area contributed by atoms with Crippen molar-refractivity contribution in [1.29, 1.82) is 5.26 Å². The topological polar surface area (TPSA) is 108 Å². The molecular formula is C13H14N4O4. The van der Waals surface area contributed by atoms with Crippen LogP contribution in [-0.4, -0.2) is 28.8 Å². The van der Waals surface area contributed by atoms with Gasteiger partial charge in [-0.15, -0.1) is 0 Å². The molecule has 0 spiro atoms. The summed E-state index contributed by atoms with van der Waals surface area (Å²) in [5, 5.41) is 15.6. The number of carbonyl (C=O) groups excluding carboxylic acids is 2. The normalized spacial score (nSPS) is 18.3. The summed E-state index contributed by atoms with van der Waals surface area (Å²) < 4.78 is 9.85. The molecule has 1 unspecified atom stereocenters. The van der Waals surface area contributed by atoms with Gasteiger partial charge in [-0.05, 0) is 20.8 Å². The lowest BCUT2D eigenvalue weighted by Gasteiger charge is -2.32. The minimum Gasteiger partial charge on any atom is -0.449 e. The predicted octanol–water partition coefficient (Wildman–Crippen LogP) is 2.00. The van der Waals surface area contributed by atoms with Gasteiger partial charge in [0.2, 0.25) is 0 Å². The zero-order valence-corrected chi connectivity index (χ0v) is 11.8. The van der Waals surface area contributed by atoms with Gasteiger partial charge in [-0.3, -0.25) is 0 Å². The SMILES string of the molecule is CCOC(=O)N1C(=O)NC(C)=C(C#N)C1c1cc(C)on1. The molecule has 1 aliphatic heterocycles. The highest BCUT2D eigenvalue weighted by Gasteiger charge is 2.41. The Labute approximate surface area is 120 Å². The lowest BCUT2D eigenvalue weighted by Crippen LogP contribution is -2.50. The zero-order valence-electron chi connectivity index (χ0n) is 11.8. The van der Waals surface area contributed by atoms with E-state index < -0.39 is 18.2 Å². The van der Waals surface area contributed by atoms with Crippen LogP contribution in [0.25, 0.3) is 0 Å². The van der Waals surface area contributed by atoms with Crippen molar-refractivity contribution in [3.05, 3.63) is 28.8 Å². The van der Waals surface area contributed by atoms with Crippen LogP contribution >= 0.6 is 0 Å². The number of hydrogen-bond acceptors (Lipinski definition) is 6. The van der Waals surface area contributed by atoms with Crippen LogP contribution in [0.1, 0.15) is 31.3 Å².